The molecule has 4 N–H and O–H groups in total. The second kappa shape index (κ2) is 8.19. The van der Waals surface area contributed by atoms with Crippen molar-refractivity contribution in [3.05, 3.63) is 77.6 Å². The molecular weight excluding hydrogens is 350 g/mol. The summed E-state index contributed by atoms with van der Waals surface area (Å²) in [5, 5.41) is 10.9. The summed E-state index contributed by atoms with van der Waals surface area (Å²) in [5.41, 5.74) is 9.99. The number of aromatic amines is 1. The average molecular weight is 373 g/mol. The summed E-state index contributed by atoms with van der Waals surface area (Å²) in [5.74, 6) is 0.0977. The van der Waals surface area contributed by atoms with E-state index in [-0.39, 0.29) is 17.9 Å². The van der Waals surface area contributed by atoms with Gasteiger partial charge in [0.25, 0.3) is 0 Å². The molecule has 1 amide bonds. The number of pyridine rings is 1. The fourth-order valence-electron chi connectivity index (χ4n) is 3.68. The van der Waals surface area contributed by atoms with Crippen LogP contribution in [0.4, 0.5) is 0 Å². The largest absolute Gasteiger partial charge is 0.349 e. The Morgan fingerprint density at radius 2 is 2.21 bits per heavy atom. The molecule has 142 valence electrons. The molecule has 1 aromatic carbocycles. The summed E-state index contributed by atoms with van der Waals surface area (Å²) >= 11 is 0. The van der Waals surface area contributed by atoms with Crippen LogP contribution in [0.1, 0.15) is 29.2 Å². The predicted octanol–water partition coefficient (Wildman–Crippen LogP) is 2.70. The summed E-state index contributed by atoms with van der Waals surface area (Å²) in [4.78, 5) is 16.6. The molecule has 6 nitrogen and oxygen atoms in total. The highest BCUT2D eigenvalue weighted by Crippen LogP contribution is 2.30. The van der Waals surface area contributed by atoms with Crippen molar-refractivity contribution in [3.63, 3.8) is 0 Å². The molecule has 1 aliphatic rings. The first-order valence-electron chi connectivity index (χ1n) is 9.47. The second-order valence-electron chi connectivity index (χ2n) is 6.96. The monoisotopic (exact) mass is 373 g/mol. The Morgan fingerprint density at radius 3 is 3.11 bits per heavy atom. The molecule has 2 aromatic heterocycles. The van der Waals surface area contributed by atoms with E-state index in [0.717, 1.165) is 23.9 Å². The first kappa shape index (κ1) is 18.1. The molecule has 3 aromatic rings. The van der Waals surface area contributed by atoms with Crippen LogP contribution in [-0.2, 0) is 11.2 Å². The van der Waals surface area contributed by atoms with Gasteiger partial charge in [-0.1, -0.05) is 36.4 Å². The van der Waals surface area contributed by atoms with Gasteiger partial charge >= 0.3 is 0 Å². The van der Waals surface area contributed by atoms with Crippen LogP contribution in [0.15, 0.2) is 60.8 Å². The lowest BCUT2D eigenvalue weighted by Crippen LogP contribution is -2.40. The number of nitrogens with zero attached hydrogens (tertiary/aromatic N) is 2. The van der Waals surface area contributed by atoms with Gasteiger partial charge in [-0.05, 0) is 42.2 Å². The molecule has 0 spiro atoms. The van der Waals surface area contributed by atoms with Gasteiger partial charge in [-0.3, -0.25) is 9.89 Å². The molecule has 28 heavy (non-hydrogen) atoms. The number of amides is 1. The van der Waals surface area contributed by atoms with Crippen molar-refractivity contribution in [3.8, 4) is 0 Å². The molecule has 0 aliphatic heterocycles. The minimum atomic E-state index is -0.171. The maximum atomic E-state index is 12.4. The summed E-state index contributed by atoms with van der Waals surface area (Å²) in [6.07, 6.45) is 11.1. The number of carbonyl (C=O) groups is 1. The summed E-state index contributed by atoms with van der Waals surface area (Å²) in [7, 11) is 0. The Bertz CT molecular complexity index is 1040. The van der Waals surface area contributed by atoms with Crippen molar-refractivity contribution in [2.75, 3.05) is 6.54 Å². The number of benzene rings is 1. The number of hydrogen-bond donors (Lipinski definition) is 3. The van der Waals surface area contributed by atoms with Crippen LogP contribution in [-0.4, -0.2) is 33.7 Å². The molecule has 2 heterocycles. The zero-order valence-electron chi connectivity index (χ0n) is 15.5. The number of fused-ring (bicyclic) bond motifs is 2. The highest BCUT2D eigenvalue weighted by Gasteiger charge is 2.20. The predicted molar refractivity (Wildman–Crippen MR) is 111 cm³/mol. The maximum Gasteiger partial charge on any atom is 0.244 e. The van der Waals surface area contributed by atoms with E-state index in [4.69, 9.17) is 5.73 Å². The zero-order chi connectivity index (χ0) is 19.3. The lowest BCUT2D eigenvalue weighted by molar-refractivity contribution is -0.117. The van der Waals surface area contributed by atoms with E-state index < -0.39 is 0 Å². The fourth-order valence-corrected chi connectivity index (χ4v) is 3.68. The van der Waals surface area contributed by atoms with E-state index in [0.29, 0.717) is 12.2 Å². The van der Waals surface area contributed by atoms with Crippen molar-refractivity contribution < 1.29 is 4.79 Å². The summed E-state index contributed by atoms with van der Waals surface area (Å²) in [6, 6.07) is 12.1. The van der Waals surface area contributed by atoms with E-state index in [2.05, 4.69) is 56.9 Å². The van der Waals surface area contributed by atoms with Crippen LogP contribution >= 0.6 is 0 Å². The zero-order valence-corrected chi connectivity index (χ0v) is 15.5. The summed E-state index contributed by atoms with van der Waals surface area (Å²) in [6.45, 7) is 0.392. The smallest absolute Gasteiger partial charge is 0.244 e. The molecule has 1 unspecified atom stereocenters. The number of H-pyrrole nitrogens is 1. The third-order valence-corrected chi connectivity index (χ3v) is 5.09. The van der Waals surface area contributed by atoms with Gasteiger partial charge in [-0.15, -0.1) is 0 Å². The molecule has 0 radical (unpaired) electrons. The van der Waals surface area contributed by atoms with Gasteiger partial charge in [0.2, 0.25) is 5.91 Å². The van der Waals surface area contributed by atoms with Gasteiger partial charge in [-0.25, -0.2) is 4.98 Å². The fraction of sp³-hybridized carbons (Fsp3) is 0.227. The van der Waals surface area contributed by atoms with Crippen LogP contribution in [0.25, 0.3) is 17.1 Å². The first-order chi connectivity index (χ1) is 13.7. The van der Waals surface area contributed by atoms with Crippen LogP contribution in [0.3, 0.4) is 0 Å². The Balaban J connectivity index is 1.41. The highest BCUT2D eigenvalue weighted by molar-refractivity contribution is 5.94. The van der Waals surface area contributed by atoms with Crippen molar-refractivity contribution >= 4 is 23.0 Å². The van der Waals surface area contributed by atoms with E-state index >= 15 is 0 Å². The lowest BCUT2D eigenvalue weighted by atomic mass is 9.84. The normalized spacial score (nSPS) is 17.0. The molecule has 0 saturated heterocycles. The van der Waals surface area contributed by atoms with Gasteiger partial charge in [-0.2, -0.15) is 5.10 Å². The molecule has 0 bridgehead atoms. The molecule has 0 saturated carbocycles. The Hall–Kier alpha value is -3.25. The number of nitrogens with one attached hydrogen (secondary N) is 2. The van der Waals surface area contributed by atoms with Crippen LogP contribution in [0.2, 0.25) is 0 Å². The minimum Gasteiger partial charge on any atom is -0.349 e. The van der Waals surface area contributed by atoms with Crippen molar-refractivity contribution in [1.29, 1.82) is 0 Å². The Labute approximate surface area is 163 Å². The standard InChI is InChI=1S/C22H23N5O/c23-14-17(13-16-7-3-6-15-5-1-2-8-18(15)16)25-21(28)11-10-20-19-9-4-12-24-22(19)27-26-20/h1-5,7-12,16-17H,6,13-14,23H2,(H,25,28)(H,24,26,27)/b11-10+/t16?,17-/m0/s1. The highest BCUT2D eigenvalue weighted by atomic mass is 16.1. The number of rotatable bonds is 6. The Morgan fingerprint density at radius 1 is 1.32 bits per heavy atom. The third-order valence-electron chi connectivity index (χ3n) is 5.09. The SMILES string of the molecule is NC[C@H](CC1C=CCc2ccccc21)NC(=O)/C=C/c1[nH]nc2ncccc12. The van der Waals surface area contributed by atoms with Crippen LogP contribution in [0.5, 0.6) is 0 Å². The number of hydrogen-bond acceptors (Lipinski definition) is 4. The van der Waals surface area contributed by atoms with E-state index in [1.54, 1.807) is 12.3 Å². The number of carbonyl (C=O) groups excluding carboxylic acids is 1. The van der Waals surface area contributed by atoms with Crippen LogP contribution < -0.4 is 11.1 Å². The van der Waals surface area contributed by atoms with Crippen molar-refractivity contribution in [2.24, 2.45) is 5.73 Å². The molecule has 1 aliphatic carbocycles. The van der Waals surface area contributed by atoms with Gasteiger partial charge in [0.15, 0.2) is 5.65 Å². The van der Waals surface area contributed by atoms with E-state index in [9.17, 15) is 4.79 Å². The molecule has 4 rings (SSSR count). The minimum absolute atomic E-state index is 0.0990. The lowest BCUT2D eigenvalue weighted by Gasteiger charge is -2.25. The van der Waals surface area contributed by atoms with Crippen molar-refractivity contribution in [2.45, 2.75) is 24.8 Å². The number of allylic oxidation sites excluding steroid dienone is 2. The summed E-state index contributed by atoms with van der Waals surface area (Å²) < 4.78 is 0. The second-order valence-corrected chi connectivity index (χ2v) is 6.96. The topological polar surface area (TPSA) is 96.7 Å². The van der Waals surface area contributed by atoms with Gasteiger partial charge in [0.05, 0.1) is 5.69 Å². The van der Waals surface area contributed by atoms with Gasteiger partial charge < -0.3 is 11.1 Å². The number of aromatic nitrogens is 3. The average Bonchev–Trinajstić information content (AvgIpc) is 3.15. The molecule has 6 heteroatoms. The van der Waals surface area contributed by atoms with E-state index in [1.807, 2.05) is 12.1 Å². The molecule has 2 atom stereocenters. The van der Waals surface area contributed by atoms with Gasteiger partial charge in [0.1, 0.15) is 0 Å². The Kier molecular flexibility index (Phi) is 5.30. The van der Waals surface area contributed by atoms with Crippen LogP contribution in [0, 0.1) is 0 Å². The van der Waals surface area contributed by atoms with Gasteiger partial charge in [0, 0.05) is 36.2 Å². The quantitative estimate of drug-likeness (QED) is 0.457. The third kappa shape index (κ3) is 3.87. The number of nitrogens with two attached hydrogens (primary N) is 1. The molecule has 0 fully saturated rings. The molecular formula is C22H23N5O. The maximum absolute atomic E-state index is 12.4. The van der Waals surface area contributed by atoms with Crippen molar-refractivity contribution in [1.82, 2.24) is 20.5 Å². The first-order valence-corrected chi connectivity index (χ1v) is 9.47. The van der Waals surface area contributed by atoms with E-state index in [1.165, 1.54) is 17.2 Å².